The van der Waals surface area contributed by atoms with Crippen molar-refractivity contribution in [3.63, 3.8) is 0 Å². The number of ether oxygens (including phenoxy) is 3. The van der Waals surface area contributed by atoms with Crippen LogP contribution in [0.15, 0.2) is 97.1 Å². The van der Waals surface area contributed by atoms with Crippen LogP contribution < -0.4 is 0 Å². The van der Waals surface area contributed by atoms with Crippen LogP contribution in [0.3, 0.4) is 0 Å². The molecule has 0 amide bonds. The summed E-state index contributed by atoms with van der Waals surface area (Å²) in [5.74, 6) is 4.31. The van der Waals surface area contributed by atoms with Crippen LogP contribution >= 0.6 is 95.4 Å². The van der Waals surface area contributed by atoms with Gasteiger partial charge in [0, 0.05) is 69.2 Å². The lowest BCUT2D eigenvalue weighted by molar-refractivity contribution is -0.117. The van der Waals surface area contributed by atoms with Crippen LogP contribution in [0, 0.1) is 11.8 Å². The number of hydrogen-bond acceptors (Lipinski definition) is 8. The first-order valence-corrected chi connectivity index (χ1v) is 29.9. The molecule has 4 aromatic carbocycles. The van der Waals surface area contributed by atoms with Crippen molar-refractivity contribution in [3.8, 4) is 0 Å². The van der Waals surface area contributed by atoms with Gasteiger partial charge in [0.1, 0.15) is 5.78 Å². The molecule has 4 aromatic rings. The van der Waals surface area contributed by atoms with E-state index in [1.165, 1.54) is 87.1 Å². The summed E-state index contributed by atoms with van der Waals surface area (Å²) in [6, 6.07) is 33.6. The SMILES string of the molecule is Cl.Cl.Cl.Clc1cccc(Cl)c1CCOC1CCCC[C@H]1N1CCSC1.O=C1CCN(C2CCCC[C@@H]2OCC(c2ccccc2)c2ccccc2)C1.OC1CCC(C2CCCC[C@@H]2OCCc2c(Cl)cccc2Cl)C1. The van der Waals surface area contributed by atoms with Crippen LogP contribution in [-0.2, 0) is 31.8 Å². The molecule has 4 saturated carbocycles. The third-order valence-corrected chi connectivity index (χ3v) is 18.7. The standard InChI is InChI=1S/C24H29NO2.C19H26Cl2O2.C17H23Cl2NOS.3ClH/c26-21-15-16-25(17-21)23-13-7-8-14-24(23)27-18-22(19-9-3-1-4-10-19)20-11-5-2-6-12-20;20-17-5-3-6-18(21)16(17)10-11-23-19-7-2-1-4-15(19)13-8-9-14(22)12-13;18-14-4-3-5-15(19)13(14)8-10-21-17-7-2-1-6-16(17)20-9-11-22-12-20;;;/h1-6,9-12,22-24H,7-8,13-18H2;3,5-6,13-15,19,22H,1-2,4,7-12H2;3-5,16-17H,1-2,6-12H2;3*1H/t23?,24-;13?,14?,15?,19-;16-,17?;;;/m001.../s1. The Kier molecular flexibility index (Phi) is 29.3. The van der Waals surface area contributed by atoms with Gasteiger partial charge in [-0.05, 0) is 129 Å². The van der Waals surface area contributed by atoms with Gasteiger partial charge < -0.3 is 19.3 Å². The first-order chi connectivity index (χ1) is 35.2. The highest BCUT2D eigenvalue weighted by Crippen LogP contribution is 2.41. The zero-order valence-electron chi connectivity index (χ0n) is 43.4. The Hall–Kier alpha value is -1.31. The third-order valence-electron chi connectivity index (χ3n) is 16.3. The van der Waals surface area contributed by atoms with E-state index in [-0.39, 0.29) is 55.3 Å². The molecule has 10 rings (SSSR count). The van der Waals surface area contributed by atoms with Crippen LogP contribution in [0.4, 0.5) is 0 Å². The average molecular weight is 1190 g/mol. The van der Waals surface area contributed by atoms with Gasteiger partial charge >= 0.3 is 0 Å². The van der Waals surface area contributed by atoms with Gasteiger partial charge in [-0.25, -0.2) is 0 Å². The van der Waals surface area contributed by atoms with Crippen molar-refractivity contribution in [2.45, 2.75) is 158 Å². The molecule has 15 heteroatoms. The number of carbonyl (C=O) groups is 1. The van der Waals surface area contributed by atoms with Crippen molar-refractivity contribution >= 4 is 101 Å². The van der Waals surface area contributed by atoms with E-state index in [4.69, 9.17) is 60.6 Å². The summed E-state index contributed by atoms with van der Waals surface area (Å²) in [4.78, 5) is 16.7. The number of hydrogen-bond donors (Lipinski definition) is 1. The van der Waals surface area contributed by atoms with Crippen LogP contribution in [-0.4, -0.2) is 108 Å². The van der Waals surface area contributed by atoms with Gasteiger partial charge in [0.25, 0.3) is 0 Å². The van der Waals surface area contributed by atoms with Gasteiger partial charge in [-0.3, -0.25) is 14.6 Å². The highest BCUT2D eigenvalue weighted by molar-refractivity contribution is 7.99. The smallest absolute Gasteiger partial charge is 0.148 e. The van der Waals surface area contributed by atoms with E-state index in [0.29, 0.717) is 74.7 Å². The molecule has 2 aliphatic heterocycles. The van der Waals surface area contributed by atoms with Gasteiger partial charge in [-0.2, -0.15) is 0 Å². The minimum Gasteiger partial charge on any atom is -0.393 e. The Balaban J connectivity index is 0.000000205. The Morgan fingerprint density at radius 2 is 1.05 bits per heavy atom. The summed E-state index contributed by atoms with van der Waals surface area (Å²) >= 11 is 27.0. The summed E-state index contributed by atoms with van der Waals surface area (Å²) in [5.41, 5.74) is 4.59. The highest BCUT2D eigenvalue weighted by Gasteiger charge is 2.38. The lowest BCUT2D eigenvalue weighted by Crippen LogP contribution is -2.46. The predicted molar refractivity (Wildman–Crippen MR) is 321 cm³/mol. The fraction of sp³-hybridized carbons (Fsp3) is 0.583. The average Bonchev–Trinajstić information content (AvgIpc) is 4.21. The Bertz CT molecular complexity index is 2170. The van der Waals surface area contributed by atoms with Crippen molar-refractivity contribution in [1.29, 1.82) is 0 Å². The monoisotopic (exact) mass is 1190 g/mol. The summed E-state index contributed by atoms with van der Waals surface area (Å²) in [7, 11) is 0. The van der Waals surface area contributed by atoms with Gasteiger partial charge in [-0.1, -0.05) is 158 Å². The van der Waals surface area contributed by atoms with E-state index in [2.05, 4.69) is 70.5 Å². The molecule has 75 heavy (non-hydrogen) atoms. The van der Waals surface area contributed by atoms with E-state index < -0.39 is 0 Å². The number of halogens is 7. The molecular formula is C60H81Cl7N2O5S. The van der Waals surface area contributed by atoms with E-state index in [0.717, 1.165) is 89.1 Å². The number of aliphatic hydroxyl groups excluding tert-OH is 1. The molecule has 0 spiro atoms. The van der Waals surface area contributed by atoms with Gasteiger partial charge in [0.2, 0.25) is 0 Å². The number of likely N-dealkylation sites (tertiary alicyclic amines) is 1. The van der Waals surface area contributed by atoms with Crippen LogP contribution in [0.25, 0.3) is 0 Å². The highest BCUT2D eigenvalue weighted by atomic mass is 35.5. The number of thioether (sulfide) groups is 1. The number of ketones is 1. The molecule has 7 nitrogen and oxygen atoms in total. The quantitative estimate of drug-likeness (QED) is 0.119. The maximum absolute atomic E-state index is 11.8. The summed E-state index contributed by atoms with van der Waals surface area (Å²) in [6.07, 6.45) is 20.9. The Morgan fingerprint density at radius 1 is 0.560 bits per heavy atom. The number of benzene rings is 4. The Morgan fingerprint density at radius 3 is 1.55 bits per heavy atom. The second-order valence-corrected chi connectivity index (χ2v) is 23.7. The molecule has 2 heterocycles. The number of aliphatic hydroxyl groups is 1. The summed E-state index contributed by atoms with van der Waals surface area (Å²) < 4.78 is 19.1. The molecule has 4 aliphatic carbocycles. The molecular weight excluding hydrogens is 1110 g/mol. The first-order valence-electron chi connectivity index (χ1n) is 27.3. The number of rotatable bonds is 16. The maximum atomic E-state index is 11.8. The second kappa shape index (κ2) is 34.1. The van der Waals surface area contributed by atoms with Gasteiger partial charge in [0.05, 0.1) is 50.8 Å². The number of carbonyl (C=O) groups excluding carboxylic acids is 1. The van der Waals surface area contributed by atoms with Crippen LogP contribution in [0.2, 0.25) is 20.1 Å². The van der Waals surface area contributed by atoms with Crippen molar-refractivity contribution in [2.24, 2.45) is 11.8 Å². The normalized spacial score (nSPS) is 26.0. The molecule has 8 atom stereocenters. The predicted octanol–water partition coefficient (Wildman–Crippen LogP) is 15.8. The molecule has 1 N–H and O–H groups in total. The zero-order chi connectivity index (χ0) is 50.1. The fourth-order valence-electron chi connectivity index (χ4n) is 12.4. The lowest BCUT2D eigenvalue weighted by atomic mass is 9.77. The fourth-order valence-corrected chi connectivity index (χ4v) is 14.6. The molecule has 0 radical (unpaired) electrons. The van der Waals surface area contributed by atoms with Crippen LogP contribution in [0.1, 0.15) is 131 Å². The molecule has 5 unspecified atom stereocenters. The van der Waals surface area contributed by atoms with Crippen molar-refractivity contribution in [3.05, 3.63) is 139 Å². The van der Waals surface area contributed by atoms with Crippen LogP contribution in [0.5, 0.6) is 0 Å². The molecule has 6 fully saturated rings. The lowest BCUT2D eigenvalue weighted by Gasteiger charge is -2.38. The number of nitrogens with zero attached hydrogens (tertiary/aromatic N) is 2. The number of Topliss-reactive ketones (excluding diaryl/α,β-unsaturated/α-hetero) is 1. The molecule has 6 aliphatic rings. The topological polar surface area (TPSA) is 71.5 Å². The molecule has 0 aromatic heterocycles. The Labute approximate surface area is 491 Å². The molecule has 2 saturated heterocycles. The van der Waals surface area contributed by atoms with Gasteiger partial charge in [-0.15, -0.1) is 49.0 Å². The first kappa shape index (κ1) is 64.5. The largest absolute Gasteiger partial charge is 0.393 e. The minimum absolute atomic E-state index is 0. The van der Waals surface area contributed by atoms with Crippen molar-refractivity contribution in [2.75, 3.05) is 51.1 Å². The van der Waals surface area contributed by atoms with E-state index in [1.807, 2.05) is 48.2 Å². The zero-order valence-corrected chi connectivity index (χ0v) is 49.7. The maximum Gasteiger partial charge on any atom is 0.148 e. The minimum atomic E-state index is -0.0930. The summed E-state index contributed by atoms with van der Waals surface area (Å²) in [5, 5.41) is 12.8. The van der Waals surface area contributed by atoms with Crippen molar-refractivity contribution in [1.82, 2.24) is 9.80 Å². The van der Waals surface area contributed by atoms with E-state index in [1.54, 1.807) is 0 Å². The van der Waals surface area contributed by atoms with E-state index >= 15 is 0 Å². The van der Waals surface area contributed by atoms with E-state index in [9.17, 15) is 9.90 Å². The molecule has 416 valence electrons. The third kappa shape index (κ3) is 19.2. The second-order valence-electron chi connectivity index (χ2n) is 21.0. The van der Waals surface area contributed by atoms with Crippen molar-refractivity contribution < 1.29 is 24.1 Å². The van der Waals surface area contributed by atoms with Gasteiger partial charge in [0.15, 0.2) is 0 Å². The summed E-state index contributed by atoms with van der Waals surface area (Å²) in [6.45, 7) is 4.80. The molecule has 0 bridgehead atoms.